The van der Waals surface area contributed by atoms with Gasteiger partial charge in [-0.3, -0.25) is 0 Å². The molecule has 0 atom stereocenters. The summed E-state index contributed by atoms with van der Waals surface area (Å²) < 4.78 is 6.65. The summed E-state index contributed by atoms with van der Waals surface area (Å²) in [6.45, 7) is 0. The lowest BCUT2D eigenvalue weighted by Gasteiger charge is -2.11. The van der Waals surface area contributed by atoms with Gasteiger partial charge in [0.2, 0.25) is 0 Å². The quantitative estimate of drug-likeness (QED) is 0.163. The second kappa shape index (κ2) is 14.5. The second-order valence-electron chi connectivity index (χ2n) is 14.8. The van der Waals surface area contributed by atoms with Gasteiger partial charge in [0, 0.05) is 32.8 Å². The minimum Gasteiger partial charge on any atom is -0.455 e. The van der Waals surface area contributed by atoms with Crippen molar-refractivity contribution >= 4 is 32.7 Å². The molecule has 0 amide bonds. The Kier molecular flexibility index (Phi) is 8.45. The number of hydrogen-bond donors (Lipinski definition) is 0. The fraction of sp³-hybridized carbons (Fsp3) is 0. The molecule has 2 aromatic heterocycles. The number of fused-ring (bicyclic) bond motifs is 5. The SMILES string of the molecule is c1ccc(-c2nc(-c3ccccc3)nc(-c3ccc(-c4cccc(-c5cc6c7cc(-c8ccccc8-c8ccccc8)ccc7oc6c6ccccc56)c4)cc3)n2)cc1. The fourth-order valence-electron chi connectivity index (χ4n) is 8.22. The molecule has 0 saturated carbocycles. The first-order valence-electron chi connectivity index (χ1n) is 19.8. The van der Waals surface area contributed by atoms with E-state index in [4.69, 9.17) is 19.4 Å². The normalized spacial score (nSPS) is 11.4. The lowest BCUT2D eigenvalue weighted by molar-refractivity contribution is 0.673. The van der Waals surface area contributed by atoms with Crippen LogP contribution in [0.1, 0.15) is 0 Å². The minimum atomic E-state index is 0.636. The fourth-order valence-corrected chi connectivity index (χ4v) is 8.22. The van der Waals surface area contributed by atoms with Crippen molar-refractivity contribution in [1.82, 2.24) is 15.0 Å². The molecular formula is C55H35N3O. The Balaban J connectivity index is 0.989. The van der Waals surface area contributed by atoms with Gasteiger partial charge in [-0.05, 0) is 74.2 Å². The van der Waals surface area contributed by atoms with Gasteiger partial charge in [0.05, 0.1) is 0 Å². The van der Waals surface area contributed by atoms with E-state index in [0.717, 1.165) is 77.2 Å². The number of nitrogens with zero attached hydrogens (tertiary/aromatic N) is 3. The van der Waals surface area contributed by atoms with E-state index in [9.17, 15) is 0 Å². The van der Waals surface area contributed by atoms with E-state index >= 15 is 0 Å². The maximum atomic E-state index is 6.65. The third kappa shape index (κ3) is 6.34. The monoisotopic (exact) mass is 753 g/mol. The number of hydrogen-bond acceptors (Lipinski definition) is 4. The molecule has 276 valence electrons. The standard InChI is InChI=1S/C55H35N3O/c1-4-15-37(16-5-1)44-23-10-11-24-45(44)43-31-32-51-49(34-43)50-35-48(46-25-12-13-26-47(46)52(50)59-51)42-22-14-21-41(33-42)36-27-29-40(30-28-36)55-57-53(38-17-6-2-7-18-38)56-54(58-55)39-19-8-3-9-20-39/h1-35H. The zero-order valence-corrected chi connectivity index (χ0v) is 32.0. The molecule has 0 unspecified atom stereocenters. The van der Waals surface area contributed by atoms with Gasteiger partial charge in [0.1, 0.15) is 11.2 Å². The summed E-state index contributed by atoms with van der Waals surface area (Å²) in [5, 5.41) is 4.45. The van der Waals surface area contributed by atoms with Crippen LogP contribution in [0.25, 0.3) is 111 Å². The largest absolute Gasteiger partial charge is 0.455 e. The lowest BCUT2D eigenvalue weighted by atomic mass is 9.92. The zero-order valence-electron chi connectivity index (χ0n) is 32.0. The topological polar surface area (TPSA) is 51.8 Å². The molecule has 9 aromatic carbocycles. The van der Waals surface area contributed by atoms with Crippen molar-refractivity contribution in [3.05, 3.63) is 212 Å². The van der Waals surface area contributed by atoms with Gasteiger partial charge in [-0.25, -0.2) is 15.0 Å². The Morgan fingerprint density at radius 2 is 0.712 bits per heavy atom. The molecule has 4 nitrogen and oxygen atoms in total. The third-order valence-corrected chi connectivity index (χ3v) is 11.1. The molecule has 0 saturated heterocycles. The Bertz CT molecular complexity index is 3240. The van der Waals surface area contributed by atoms with Crippen molar-refractivity contribution in [2.45, 2.75) is 0 Å². The van der Waals surface area contributed by atoms with E-state index in [2.05, 4.69) is 152 Å². The van der Waals surface area contributed by atoms with Gasteiger partial charge in [0.25, 0.3) is 0 Å². The first-order valence-corrected chi connectivity index (χ1v) is 19.8. The van der Waals surface area contributed by atoms with Crippen LogP contribution in [0, 0.1) is 0 Å². The van der Waals surface area contributed by atoms with Gasteiger partial charge >= 0.3 is 0 Å². The Morgan fingerprint density at radius 3 is 1.36 bits per heavy atom. The molecule has 59 heavy (non-hydrogen) atoms. The first kappa shape index (κ1) is 34.3. The van der Waals surface area contributed by atoms with E-state index < -0.39 is 0 Å². The predicted octanol–water partition coefficient (Wildman–Crippen LogP) is 14.6. The Morgan fingerprint density at radius 1 is 0.254 bits per heavy atom. The summed E-state index contributed by atoms with van der Waals surface area (Å²) >= 11 is 0. The van der Waals surface area contributed by atoms with Gasteiger partial charge in [0.15, 0.2) is 17.5 Å². The van der Waals surface area contributed by atoms with Crippen LogP contribution >= 0.6 is 0 Å². The summed E-state index contributed by atoms with van der Waals surface area (Å²) in [7, 11) is 0. The summed E-state index contributed by atoms with van der Waals surface area (Å²) in [6, 6.07) is 74.2. The molecule has 0 aliphatic rings. The van der Waals surface area contributed by atoms with E-state index in [0.29, 0.717) is 17.5 Å². The predicted molar refractivity (Wildman–Crippen MR) is 243 cm³/mol. The van der Waals surface area contributed by atoms with Crippen molar-refractivity contribution in [3.8, 4) is 78.7 Å². The van der Waals surface area contributed by atoms with Crippen molar-refractivity contribution in [2.24, 2.45) is 0 Å². The van der Waals surface area contributed by atoms with Crippen LogP contribution in [0.2, 0.25) is 0 Å². The molecule has 0 radical (unpaired) electrons. The molecular weight excluding hydrogens is 719 g/mol. The van der Waals surface area contributed by atoms with Gasteiger partial charge in [-0.15, -0.1) is 0 Å². The molecule has 0 spiro atoms. The van der Waals surface area contributed by atoms with Crippen LogP contribution in [-0.4, -0.2) is 15.0 Å². The number of aromatic nitrogens is 3. The van der Waals surface area contributed by atoms with Crippen LogP contribution in [0.15, 0.2) is 217 Å². The lowest BCUT2D eigenvalue weighted by Crippen LogP contribution is -2.00. The van der Waals surface area contributed by atoms with E-state index in [1.165, 1.54) is 16.7 Å². The van der Waals surface area contributed by atoms with Crippen LogP contribution < -0.4 is 0 Å². The summed E-state index contributed by atoms with van der Waals surface area (Å²) in [4.78, 5) is 14.7. The molecule has 0 fully saturated rings. The summed E-state index contributed by atoms with van der Waals surface area (Å²) in [5.41, 5.74) is 13.9. The van der Waals surface area contributed by atoms with Crippen LogP contribution in [0.5, 0.6) is 0 Å². The van der Waals surface area contributed by atoms with Crippen LogP contribution in [0.3, 0.4) is 0 Å². The highest BCUT2D eigenvalue weighted by Crippen LogP contribution is 2.42. The van der Waals surface area contributed by atoms with Crippen LogP contribution in [-0.2, 0) is 0 Å². The third-order valence-electron chi connectivity index (χ3n) is 11.1. The highest BCUT2D eigenvalue weighted by Gasteiger charge is 2.18. The number of benzene rings is 9. The smallest absolute Gasteiger partial charge is 0.164 e. The van der Waals surface area contributed by atoms with Crippen molar-refractivity contribution < 1.29 is 4.42 Å². The minimum absolute atomic E-state index is 0.636. The molecule has 0 aliphatic heterocycles. The summed E-state index contributed by atoms with van der Waals surface area (Å²) in [6.07, 6.45) is 0. The average molecular weight is 754 g/mol. The van der Waals surface area contributed by atoms with E-state index in [-0.39, 0.29) is 0 Å². The summed E-state index contributed by atoms with van der Waals surface area (Å²) in [5.74, 6) is 1.93. The zero-order chi connectivity index (χ0) is 39.1. The highest BCUT2D eigenvalue weighted by atomic mass is 16.3. The molecule has 11 rings (SSSR count). The van der Waals surface area contributed by atoms with E-state index in [1.54, 1.807) is 0 Å². The number of rotatable bonds is 7. The molecule has 2 heterocycles. The average Bonchev–Trinajstić information content (AvgIpc) is 3.70. The molecule has 0 bridgehead atoms. The molecule has 11 aromatic rings. The Hall–Kier alpha value is -7.95. The second-order valence-corrected chi connectivity index (χ2v) is 14.8. The van der Waals surface area contributed by atoms with Gasteiger partial charge in [-0.1, -0.05) is 188 Å². The van der Waals surface area contributed by atoms with Crippen molar-refractivity contribution in [3.63, 3.8) is 0 Å². The molecule has 0 aliphatic carbocycles. The Labute approximate surface area is 341 Å². The van der Waals surface area contributed by atoms with Gasteiger partial charge < -0.3 is 4.42 Å². The maximum absolute atomic E-state index is 6.65. The first-order chi connectivity index (χ1) is 29.2. The maximum Gasteiger partial charge on any atom is 0.164 e. The van der Waals surface area contributed by atoms with Crippen LogP contribution in [0.4, 0.5) is 0 Å². The van der Waals surface area contributed by atoms with Crippen molar-refractivity contribution in [2.75, 3.05) is 0 Å². The van der Waals surface area contributed by atoms with Gasteiger partial charge in [-0.2, -0.15) is 0 Å². The molecule has 0 N–H and O–H groups in total. The highest BCUT2D eigenvalue weighted by molar-refractivity contribution is 6.19. The number of furan rings is 1. The van der Waals surface area contributed by atoms with Crippen molar-refractivity contribution in [1.29, 1.82) is 0 Å². The van der Waals surface area contributed by atoms with E-state index in [1.807, 2.05) is 60.7 Å². The molecule has 4 heteroatoms.